The Kier molecular flexibility index (Phi) is 61.4. The number of hydrogen-bond donors (Lipinski definition) is 0. The molecule has 6 heteroatoms. The lowest BCUT2D eigenvalue weighted by Gasteiger charge is -2.18. The Morgan fingerprint density at radius 1 is 0.266 bits per heavy atom. The fourth-order valence-electron chi connectivity index (χ4n) is 8.31. The van der Waals surface area contributed by atoms with Crippen LogP contribution in [0.3, 0.4) is 0 Å². The molecule has 6 nitrogen and oxygen atoms in total. The molecule has 1 atom stereocenters. The zero-order valence-electron chi connectivity index (χ0n) is 50.8. The van der Waals surface area contributed by atoms with Crippen LogP contribution in [0.2, 0.25) is 0 Å². The summed E-state index contributed by atoms with van der Waals surface area (Å²) in [5.74, 6) is -0.958. The van der Waals surface area contributed by atoms with E-state index in [-0.39, 0.29) is 37.5 Å². The van der Waals surface area contributed by atoms with Gasteiger partial charge in [-0.05, 0) is 128 Å². The number of carbonyl (C=O) groups is 3. The molecule has 0 saturated carbocycles. The van der Waals surface area contributed by atoms with Crippen LogP contribution >= 0.6 is 0 Å². The van der Waals surface area contributed by atoms with E-state index in [4.69, 9.17) is 14.2 Å². The second kappa shape index (κ2) is 65.5. The van der Waals surface area contributed by atoms with Crippen LogP contribution in [0.4, 0.5) is 0 Å². The fraction of sp³-hybridized carbons (Fsp3) is 0.603. The van der Waals surface area contributed by atoms with Crippen molar-refractivity contribution < 1.29 is 28.6 Å². The number of carbonyl (C=O) groups excluding carboxylic acids is 3. The Morgan fingerprint density at radius 3 is 0.797 bits per heavy atom. The normalized spacial score (nSPS) is 13.2. The fourth-order valence-corrected chi connectivity index (χ4v) is 8.31. The summed E-state index contributed by atoms with van der Waals surface area (Å²) >= 11 is 0. The molecule has 0 saturated heterocycles. The molecule has 0 radical (unpaired) electrons. The Balaban J connectivity index is 4.20. The zero-order valence-corrected chi connectivity index (χ0v) is 50.8. The van der Waals surface area contributed by atoms with Crippen LogP contribution in [0.25, 0.3) is 0 Å². The van der Waals surface area contributed by atoms with E-state index in [1.165, 1.54) is 83.5 Å². The van der Waals surface area contributed by atoms with Gasteiger partial charge in [0.05, 0.1) is 0 Å². The van der Waals surface area contributed by atoms with E-state index in [1.54, 1.807) is 0 Å². The minimum atomic E-state index is -0.806. The van der Waals surface area contributed by atoms with Crippen molar-refractivity contribution in [1.29, 1.82) is 0 Å². The van der Waals surface area contributed by atoms with Gasteiger partial charge in [0.1, 0.15) is 13.2 Å². The van der Waals surface area contributed by atoms with E-state index in [1.807, 2.05) is 0 Å². The van der Waals surface area contributed by atoms with Gasteiger partial charge in [-0.3, -0.25) is 14.4 Å². The highest BCUT2D eigenvalue weighted by molar-refractivity contribution is 5.71. The average molecular weight is 1090 g/mol. The van der Waals surface area contributed by atoms with Crippen LogP contribution in [0.15, 0.2) is 158 Å². The minimum Gasteiger partial charge on any atom is -0.462 e. The summed E-state index contributed by atoms with van der Waals surface area (Å²) in [5, 5.41) is 0. The van der Waals surface area contributed by atoms with Gasteiger partial charge in [-0.2, -0.15) is 0 Å². The number of ether oxygens (including phenoxy) is 3. The van der Waals surface area contributed by atoms with Crippen molar-refractivity contribution in [3.63, 3.8) is 0 Å². The maximum Gasteiger partial charge on any atom is 0.306 e. The third-order valence-electron chi connectivity index (χ3n) is 13.0. The molecule has 0 fully saturated rings. The van der Waals surface area contributed by atoms with Crippen LogP contribution in [0.5, 0.6) is 0 Å². The molecule has 1 unspecified atom stereocenters. The zero-order chi connectivity index (χ0) is 57.1. The van der Waals surface area contributed by atoms with Gasteiger partial charge >= 0.3 is 17.9 Å². The summed E-state index contributed by atoms with van der Waals surface area (Å²) < 4.78 is 16.8. The van der Waals surface area contributed by atoms with Gasteiger partial charge in [0.2, 0.25) is 0 Å². The minimum absolute atomic E-state index is 0.101. The van der Waals surface area contributed by atoms with E-state index in [2.05, 4.69) is 179 Å². The third kappa shape index (κ3) is 63.7. The van der Waals surface area contributed by atoms with Crippen LogP contribution in [-0.2, 0) is 28.6 Å². The first-order chi connectivity index (χ1) is 39.0. The number of allylic oxidation sites excluding steroid dienone is 26. The number of rotatable bonds is 56. The second-order valence-corrected chi connectivity index (χ2v) is 20.6. The van der Waals surface area contributed by atoms with Gasteiger partial charge in [-0.15, -0.1) is 0 Å². The van der Waals surface area contributed by atoms with Gasteiger partial charge in [0.15, 0.2) is 6.10 Å². The Bertz CT molecular complexity index is 1780. The maximum absolute atomic E-state index is 12.8. The van der Waals surface area contributed by atoms with Crippen LogP contribution in [0, 0.1) is 0 Å². The number of esters is 3. The van der Waals surface area contributed by atoms with Crippen molar-refractivity contribution in [1.82, 2.24) is 0 Å². The Labute approximate surface area is 486 Å². The molecule has 0 spiro atoms. The van der Waals surface area contributed by atoms with Gasteiger partial charge < -0.3 is 14.2 Å². The van der Waals surface area contributed by atoms with Gasteiger partial charge in [0, 0.05) is 19.3 Å². The van der Waals surface area contributed by atoms with Crippen molar-refractivity contribution in [2.45, 2.75) is 271 Å². The molecular weight excluding hydrogens is 973 g/mol. The molecule has 0 N–H and O–H groups in total. The Hall–Kier alpha value is -4.97. The maximum atomic E-state index is 12.8. The highest BCUT2D eigenvalue weighted by Gasteiger charge is 2.19. The highest BCUT2D eigenvalue weighted by Crippen LogP contribution is 2.15. The molecule has 0 aromatic carbocycles. The van der Waals surface area contributed by atoms with Crippen molar-refractivity contribution in [2.24, 2.45) is 0 Å². The molecule has 0 heterocycles. The Morgan fingerprint density at radius 2 is 0.494 bits per heavy atom. The monoisotopic (exact) mass is 1090 g/mol. The summed E-state index contributed by atoms with van der Waals surface area (Å²) in [4.78, 5) is 38.1. The summed E-state index contributed by atoms with van der Waals surface area (Å²) in [5.41, 5.74) is 0. The molecule has 0 aliphatic heterocycles. The van der Waals surface area contributed by atoms with Crippen molar-refractivity contribution in [3.8, 4) is 0 Å². The lowest BCUT2D eigenvalue weighted by Crippen LogP contribution is -2.30. The molecule has 0 aliphatic carbocycles. The smallest absolute Gasteiger partial charge is 0.306 e. The van der Waals surface area contributed by atoms with Crippen molar-refractivity contribution in [3.05, 3.63) is 158 Å². The summed E-state index contributed by atoms with van der Waals surface area (Å²) in [6.07, 6.45) is 95.6. The van der Waals surface area contributed by atoms with Crippen molar-refractivity contribution >= 4 is 17.9 Å². The molecule has 444 valence electrons. The standard InChI is InChI=1S/C73H116O6/c1-4-7-10-13-16-18-20-22-24-26-28-30-31-32-33-34-35-36-37-38-39-40-41-43-44-46-48-50-52-54-57-60-63-66-72(75)78-69-70(68-77-71(74)65-62-59-56-15-12-9-6-3)79-73(76)67-64-61-58-55-53-51-49-47-45-42-29-27-25-23-21-19-17-14-11-8-5-2/h7-8,10-11,16-19,22-25,28-30,32-33,35-36,38-39,42,47,49,53,55,70H,4-6,9,12-15,20-21,26-27,31,34,37,40-41,43-46,48,50-52,54,56-69H2,1-3H3/b10-7-,11-8-,18-16-,19-17-,24-22-,25-23-,30-28-,33-32-,36-35-,39-38-,42-29-,49-47-,55-53-. The van der Waals surface area contributed by atoms with Gasteiger partial charge in [-0.25, -0.2) is 0 Å². The highest BCUT2D eigenvalue weighted by atomic mass is 16.6. The van der Waals surface area contributed by atoms with E-state index in [9.17, 15) is 14.4 Å². The lowest BCUT2D eigenvalue weighted by atomic mass is 10.0. The molecule has 0 aliphatic rings. The van der Waals surface area contributed by atoms with Crippen LogP contribution in [0.1, 0.15) is 265 Å². The molecular formula is C73H116O6. The predicted octanol–water partition coefficient (Wildman–Crippen LogP) is 22.1. The molecule has 0 amide bonds. The molecule has 0 rings (SSSR count). The number of hydrogen-bond acceptors (Lipinski definition) is 6. The predicted molar refractivity (Wildman–Crippen MR) is 343 cm³/mol. The topological polar surface area (TPSA) is 78.9 Å². The first-order valence-corrected chi connectivity index (χ1v) is 32.0. The van der Waals surface area contributed by atoms with E-state index in [0.717, 1.165) is 135 Å². The lowest BCUT2D eigenvalue weighted by molar-refractivity contribution is -0.167. The summed E-state index contributed by atoms with van der Waals surface area (Å²) in [6, 6.07) is 0. The molecule has 0 bridgehead atoms. The average Bonchev–Trinajstić information content (AvgIpc) is 3.45. The van der Waals surface area contributed by atoms with E-state index < -0.39 is 6.10 Å². The SMILES string of the molecule is CC/C=C\C/C=C\C/C=C\C/C=C\C/C=C\C/C=C\C/C=C\CCCCCCCCCCCCCC(=O)OCC(COC(=O)CCCCCCCCC)OC(=O)CCCC/C=C\C/C=C\C/C=C\C/C=C\C/C=C\C/C=C\CC. The largest absolute Gasteiger partial charge is 0.462 e. The first kappa shape index (κ1) is 74.0. The molecule has 0 aromatic heterocycles. The quantitative estimate of drug-likeness (QED) is 0.0261. The van der Waals surface area contributed by atoms with Crippen LogP contribution in [-0.4, -0.2) is 37.2 Å². The molecule has 79 heavy (non-hydrogen) atoms. The first-order valence-electron chi connectivity index (χ1n) is 32.0. The van der Waals surface area contributed by atoms with Gasteiger partial charge in [-0.1, -0.05) is 275 Å². The molecule has 0 aromatic rings. The number of unbranched alkanes of at least 4 members (excludes halogenated alkanes) is 19. The van der Waals surface area contributed by atoms with E-state index >= 15 is 0 Å². The van der Waals surface area contributed by atoms with E-state index in [0.29, 0.717) is 19.3 Å². The van der Waals surface area contributed by atoms with Crippen molar-refractivity contribution in [2.75, 3.05) is 13.2 Å². The summed E-state index contributed by atoms with van der Waals surface area (Å²) in [6.45, 7) is 6.32. The third-order valence-corrected chi connectivity index (χ3v) is 13.0. The van der Waals surface area contributed by atoms with Gasteiger partial charge in [0.25, 0.3) is 0 Å². The second-order valence-electron chi connectivity index (χ2n) is 20.6. The van der Waals surface area contributed by atoms with Crippen LogP contribution < -0.4 is 0 Å². The summed E-state index contributed by atoms with van der Waals surface area (Å²) in [7, 11) is 0.